The summed E-state index contributed by atoms with van der Waals surface area (Å²) in [5.41, 5.74) is -1.76. The Morgan fingerprint density at radius 3 is 1.39 bits per heavy atom. The normalized spacial score (nSPS) is 10.1. The van der Waals surface area contributed by atoms with Crippen LogP contribution in [0.15, 0.2) is 0 Å². The lowest BCUT2D eigenvalue weighted by Gasteiger charge is -2.10. The molecule has 0 aliphatic heterocycles. The molecule has 0 N–H and O–H groups in total. The van der Waals surface area contributed by atoms with Gasteiger partial charge in [-0.25, -0.2) is 18.4 Å². The second-order valence-corrected chi connectivity index (χ2v) is 3.75. The van der Waals surface area contributed by atoms with Crippen LogP contribution in [0.5, 0.6) is 0 Å². The lowest BCUT2D eigenvalue weighted by molar-refractivity contribution is 0.0576. The fraction of sp³-hybridized carbons (Fsp3) is 0.200. The molecule has 0 saturated heterocycles. The van der Waals surface area contributed by atoms with Gasteiger partial charge >= 0.3 is 11.9 Å². The number of ether oxygens (including phenoxy) is 2. The smallest absolute Gasteiger partial charge is 0.342 e. The number of methoxy groups -OCH3 is 2. The molecule has 0 bridgehead atoms. The minimum Gasteiger partial charge on any atom is -0.465 e. The topological polar surface area (TPSA) is 52.6 Å². The largest absolute Gasteiger partial charge is 0.465 e. The first-order chi connectivity index (χ1) is 8.36. The van der Waals surface area contributed by atoms with Crippen LogP contribution in [0.2, 0.25) is 10.0 Å². The van der Waals surface area contributed by atoms with Crippen molar-refractivity contribution in [1.82, 2.24) is 0 Å². The molecule has 1 aromatic carbocycles. The highest BCUT2D eigenvalue weighted by atomic mass is 35.5. The number of halogens is 4. The number of esters is 2. The molecular formula is C10H6Cl2F2O4. The first-order valence-corrected chi connectivity index (χ1v) is 5.14. The van der Waals surface area contributed by atoms with Crippen molar-refractivity contribution in [3.8, 4) is 0 Å². The van der Waals surface area contributed by atoms with Crippen molar-refractivity contribution < 1.29 is 27.8 Å². The second-order valence-electron chi connectivity index (χ2n) is 2.99. The third kappa shape index (κ3) is 2.26. The first-order valence-electron chi connectivity index (χ1n) is 4.39. The van der Waals surface area contributed by atoms with E-state index in [9.17, 15) is 18.4 Å². The summed E-state index contributed by atoms with van der Waals surface area (Å²) in [5.74, 6) is -5.68. The summed E-state index contributed by atoms with van der Waals surface area (Å²) in [6.07, 6.45) is 0. The van der Waals surface area contributed by atoms with Gasteiger partial charge in [-0.1, -0.05) is 23.2 Å². The Kier molecular flexibility index (Phi) is 4.48. The summed E-state index contributed by atoms with van der Waals surface area (Å²) in [7, 11) is 1.91. The van der Waals surface area contributed by atoms with Crippen molar-refractivity contribution in [2.24, 2.45) is 0 Å². The van der Waals surface area contributed by atoms with Crippen LogP contribution in [0, 0.1) is 11.6 Å². The highest BCUT2D eigenvalue weighted by molar-refractivity contribution is 6.45. The maximum absolute atomic E-state index is 13.6. The van der Waals surface area contributed by atoms with Gasteiger partial charge in [0.25, 0.3) is 0 Å². The van der Waals surface area contributed by atoms with Crippen LogP contribution in [0.25, 0.3) is 0 Å². The monoisotopic (exact) mass is 298 g/mol. The minimum atomic E-state index is -1.63. The fourth-order valence-electron chi connectivity index (χ4n) is 1.19. The zero-order valence-electron chi connectivity index (χ0n) is 9.14. The standard InChI is InChI=1S/C10H6Cl2F2O4/c1-17-9(15)3-5(11)6(12)4(10(16)18-2)8(14)7(3)13/h1-2H3. The molecule has 0 radical (unpaired) electrons. The van der Waals surface area contributed by atoms with Gasteiger partial charge in [0.2, 0.25) is 0 Å². The van der Waals surface area contributed by atoms with Gasteiger partial charge in [0, 0.05) is 0 Å². The third-order valence-corrected chi connectivity index (χ3v) is 2.90. The highest BCUT2D eigenvalue weighted by Crippen LogP contribution is 2.34. The Hall–Kier alpha value is -1.40. The van der Waals surface area contributed by atoms with Crippen molar-refractivity contribution in [2.75, 3.05) is 14.2 Å². The lowest BCUT2D eigenvalue weighted by Crippen LogP contribution is -2.14. The van der Waals surface area contributed by atoms with Crippen LogP contribution in [0.3, 0.4) is 0 Å². The van der Waals surface area contributed by atoms with Gasteiger partial charge in [0.05, 0.1) is 24.3 Å². The van der Waals surface area contributed by atoms with E-state index in [-0.39, 0.29) is 0 Å². The van der Waals surface area contributed by atoms with Crippen molar-refractivity contribution in [1.29, 1.82) is 0 Å². The molecular weight excluding hydrogens is 293 g/mol. The van der Waals surface area contributed by atoms with Crippen LogP contribution in [-0.4, -0.2) is 26.2 Å². The van der Waals surface area contributed by atoms with E-state index in [0.717, 1.165) is 14.2 Å². The van der Waals surface area contributed by atoms with Crippen molar-refractivity contribution >= 4 is 35.1 Å². The van der Waals surface area contributed by atoms with Crippen LogP contribution in [0.1, 0.15) is 20.7 Å². The second kappa shape index (κ2) is 5.49. The molecule has 18 heavy (non-hydrogen) atoms. The quantitative estimate of drug-likeness (QED) is 0.622. The van der Waals surface area contributed by atoms with Gasteiger partial charge in [-0.05, 0) is 0 Å². The third-order valence-electron chi connectivity index (χ3n) is 2.04. The summed E-state index contributed by atoms with van der Waals surface area (Å²) in [4.78, 5) is 22.4. The Bertz CT molecular complexity index is 455. The van der Waals surface area contributed by atoms with Gasteiger partial charge in [-0.3, -0.25) is 0 Å². The fourth-order valence-corrected chi connectivity index (χ4v) is 1.70. The zero-order valence-corrected chi connectivity index (χ0v) is 10.7. The Morgan fingerprint density at radius 1 is 0.889 bits per heavy atom. The molecule has 1 aromatic rings. The molecule has 4 nitrogen and oxygen atoms in total. The number of carbonyl (C=O) groups is 2. The van der Waals surface area contributed by atoms with E-state index in [1.54, 1.807) is 0 Å². The number of benzene rings is 1. The van der Waals surface area contributed by atoms with Gasteiger partial charge in [0.15, 0.2) is 11.6 Å². The molecule has 0 aromatic heterocycles. The summed E-state index contributed by atoms with van der Waals surface area (Å²) in [5, 5.41) is -1.24. The van der Waals surface area contributed by atoms with Crippen molar-refractivity contribution in [3.05, 3.63) is 32.8 Å². The van der Waals surface area contributed by atoms with Crippen molar-refractivity contribution in [2.45, 2.75) is 0 Å². The molecule has 0 unspecified atom stereocenters. The first kappa shape index (κ1) is 14.7. The van der Waals surface area contributed by atoms with Crippen LogP contribution in [-0.2, 0) is 9.47 Å². The van der Waals surface area contributed by atoms with E-state index in [1.807, 2.05) is 0 Å². The molecule has 0 atom stereocenters. The van der Waals surface area contributed by atoms with E-state index >= 15 is 0 Å². The van der Waals surface area contributed by atoms with Gasteiger partial charge in [-0.15, -0.1) is 0 Å². The SMILES string of the molecule is COC(=O)c1c(F)c(F)c(C(=O)OC)c(Cl)c1Cl. The molecule has 0 aliphatic rings. The molecule has 98 valence electrons. The van der Waals surface area contributed by atoms with E-state index in [2.05, 4.69) is 9.47 Å². The van der Waals surface area contributed by atoms with E-state index in [1.165, 1.54) is 0 Å². The zero-order chi connectivity index (χ0) is 14.0. The number of hydrogen-bond acceptors (Lipinski definition) is 4. The number of carbonyl (C=O) groups excluding carboxylic acids is 2. The summed E-state index contributed by atoms with van der Waals surface area (Å²) in [6, 6.07) is 0. The van der Waals surface area contributed by atoms with Gasteiger partial charge in [-0.2, -0.15) is 0 Å². The maximum Gasteiger partial charge on any atom is 0.342 e. The highest BCUT2D eigenvalue weighted by Gasteiger charge is 2.30. The predicted molar refractivity (Wildman–Crippen MR) is 59.1 cm³/mol. The summed E-state index contributed by atoms with van der Waals surface area (Å²) >= 11 is 11.2. The molecule has 0 aliphatic carbocycles. The van der Waals surface area contributed by atoms with E-state index in [0.29, 0.717) is 0 Å². The average Bonchev–Trinajstić information content (AvgIpc) is 2.36. The lowest BCUT2D eigenvalue weighted by atomic mass is 10.1. The van der Waals surface area contributed by atoms with E-state index in [4.69, 9.17) is 23.2 Å². The molecule has 8 heteroatoms. The van der Waals surface area contributed by atoms with Gasteiger partial charge < -0.3 is 9.47 Å². The van der Waals surface area contributed by atoms with Crippen LogP contribution >= 0.6 is 23.2 Å². The number of rotatable bonds is 2. The van der Waals surface area contributed by atoms with Crippen molar-refractivity contribution in [3.63, 3.8) is 0 Å². The Balaban J connectivity index is 3.66. The van der Waals surface area contributed by atoms with Gasteiger partial charge in [0.1, 0.15) is 11.1 Å². The van der Waals surface area contributed by atoms with E-state index < -0.39 is 44.7 Å². The maximum atomic E-state index is 13.6. The van der Waals surface area contributed by atoms with Crippen LogP contribution in [0.4, 0.5) is 8.78 Å². The summed E-state index contributed by atoms with van der Waals surface area (Å²) in [6.45, 7) is 0. The van der Waals surface area contributed by atoms with Crippen LogP contribution < -0.4 is 0 Å². The average molecular weight is 299 g/mol. The molecule has 0 amide bonds. The molecule has 0 heterocycles. The molecule has 0 saturated carbocycles. The Labute approximate surface area is 110 Å². The number of hydrogen-bond donors (Lipinski definition) is 0. The molecule has 0 spiro atoms. The predicted octanol–water partition coefficient (Wildman–Crippen LogP) is 2.84. The summed E-state index contributed by atoms with van der Waals surface area (Å²) < 4.78 is 35.7. The molecule has 0 fully saturated rings. The molecule has 1 rings (SSSR count). The Morgan fingerprint density at radius 2 is 1.17 bits per heavy atom. The minimum absolute atomic E-state index is 0.622.